The standard InChI is InChI=1S/C18H16.C5H5N5O2S/c1-3-7-15-13(5-1)9-11-18-16-8-4-2-6-14(16)10-12-17(15)18;6-13(11,12)5-9-3-1-7-2-8-4(3)10-5/h1,3,5,7,9-12H,2,4,6,8H2;1-2H,(H2,6,11,12)(H,7,8,9,10). The zero-order valence-electron chi connectivity index (χ0n) is 16.7. The van der Waals surface area contributed by atoms with Gasteiger partial charge in [-0.1, -0.05) is 48.5 Å². The molecule has 0 aromatic heterocycles. The number of hydrogen-bond acceptors (Lipinski definition) is 5. The fraction of sp³-hybridized carbons (Fsp3) is 0.174. The van der Waals surface area contributed by atoms with Crippen molar-refractivity contribution in [3.63, 3.8) is 0 Å². The van der Waals surface area contributed by atoms with Gasteiger partial charge in [0.2, 0.25) is 0 Å². The van der Waals surface area contributed by atoms with Crippen LogP contribution in [-0.2, 0) is 22.9 Å². The summed E-state index contributed by atoms with van der Waals surface area (Å²) in [6.45, 7) is 0. The normalized spacial score (nSPS) is 13.7. The molecular weight excluding hydrogens is 410 g/mol. The topological polar surface area (TPSA) is 115 Å². The lowest BCUT2D eigenvalue weighted by Crippen LogP contribution is -2.13. The zero-order chi connectivity index (χ0) is 21.4. The molecule has 3 aromatic rings. The van der Waals surface area contributed by atoms with Crippen LogP contribution in [-0.4, -0.2) is 28.4 Å². The lowest BCUT2D eigenvalue weighted by molar-refractivity contribution is 0.591. The highest BCUT2D eigenvalue weighted by atomic mass is 32.2. The van der Waals surface area contributed by atoms with E-state index in [0.29, 0.717) is 5.69 Å². The summed E-state index contributed by atoms with van der Waals surface area (Å²) < 4.78 is 21.6. The Labute approximate surface area is 179 Å². The number of nitrogens with one attached hydrogen (secondary N) is 1. The van der Waals surface area contributed by atoms with Crippen LogP contribution >= 0.6 is 0 Å². The highest BCUT2D eigenvalue weighted by Crippen LogP contribution is 2.33. The summed E-state index contributed by atoms with van der Waals surface area (Å²) in [7, 11) is -3.84. The summed E-state index contributed by atoms with van der Waals surface area (Å²) in [5.74, 6) is 0.253. The fourth-order valence-corrected chi connectivity index (χ4v) is 4.64. The summed E-state index contributed by atoms with van der Waals surface area (Å²) in [6, 6.07) is 18.0. The number of nitrogens with two attached hydrogens (primary N) is 1. The molecule has 7 nitrogen and oxygen atoms in total. The van der Waals surface area contributed by atoms with Crippen molar-refractivity contribution in [2.45, 2.75) is 30.8 Å². The van der Waals surface area contributed by atoms with Crippen molar-refractivity contribution in [2.75, 3.05) is 0 Å². The number of benzene rings is 3. The van der Waals surface area contributed by atoms with Crippen LogP contribution in [0.2, 0.25) is 0 Å². The van der Waals surface area contributed by atoms with Crippen LogP contribution < -0.4 is 5.14 Å². The molecule has 3 aliphatic rings. The van der Waals surface area contributed by atoms with E-state index < -0.39 is 15.2 Å². The van der Waals surface area contributed by atoms with Crippen LogP contribution in [0.15, 0.2) is 66.2 Å². The van der Waals surface area contributed by atoms with Gasteiger partial charge in [-0.15, -0.1) is 0 Å². The lowest BCUT2D eigenvalue weighted by atomic mass is 9.86. The number of sulfonamides is 1. The van der Waals surface area contributed by atoms with Crippen LogP contribution in [0.25, 0.3) is 33.1 Å². The van der Waals surface area contributed by atoms with Gasteiger partial charge < -0.3 is 4.98 Å². The molecule has 2 aliphatic heterocycles. The van der Waals surface area contributed by atoms with Gasteiger partial charge in [0.15, 0.2) is 5.82 Å². The Morgan fingerprint density at radius 3 is 2.52 bits per heavy atom. The SMILES string of the molecule is NS(=O)(=O)c1nc2c[nH]cnc-2n1.c1ccc2c(c1)ccc1c3c(ccc12)CCCC3. The number of rotatable bonds is 1. The van der Waals surface area contributed by atoms with E-state index in [4.69, 9.17) is 5.14 Å². The van der Waals surface area contributed by atoms with Gasteiger partial charge in [0, 0.05) is 6.20 Å². The van der Waals surface area contributed by atoms with Crippen molar-refractivity contribution >= 4 is 31.6 Å². The average molecular weight is 432 g/mol. The molecule has 2 heterocycles. The van der Waals surface area contributed by atoms with E-state index in [9.17, 15) is 8.42 Å². The fourth-order valence-electron chi connectivity index (χ4n) is 4.20. The molecular formula is C23H21N5O2S. The van der Waals surface area contributed by atoms with E-state index in [0.717, 1.165) is 0 Å². The molecule has 0 saturated heterocycles. The number of aryl methyl sites for hydroxylation is 2. The lowest BCUT2D eigenvalue weighted by Gasteiger charge is -2.18. The average Bonchev–Trinajstić information content (AvgIpc) is 3.24. The molecule has 0 spiro atoms. The molecule has 0 saturated carbocycles. The third-order valence-electron chi connectivity index (χ3n) is 5.64. The van der Waals surface area contributed by atoms with Gasteiger partial charge in [-0.25, -0.2) is 23.5 Å². The summed E-state index contributed by atoms with van der Waals surface area (Å²) in [5.41, 5.74) is 3.54. The molecule has 3 aromatic carbocycles. The van der Waals surface area contributed by atoms with E-state index in [-0.39, 0.29) is 5.82 Å². The first kappa shape index (κ1) is 19.6. The van der Waals surface area contributed by atoms with Gasteiger partial charge in [-0.05, 0) is 58.4 Å². The van der Waals surface area contributed by atoms with Crippen molar-refractivity contribution in [1.82, 2.24) is 19.9 Å². The van der Waals surface area contributed by atoms with E-state index in [1.54, 1.807) is 11.1 Å². The van der Waals surface area contributed by atoms with Crippen LogP contribution in [0.3, 0.4) is 0 Å². The first-order chi connectivity index (χ1) is 15.0. The summed E-state index contributed by atoms with van der Waals surface area (Å²) >= 11 is 0. The molecule has 0 bridgehead atoms. The minimum absolute atomic E-state index is 0.253. The van der Waals surface area contributed by atoms with E-state index in [2.05, 4.69) is 68.5 Å². The van der Waals surface area contributed by atoms with Crippen LogP contribution in [0.1, 0.15) is 24.0 Å². The van der Waals surface area contributed by atoms with Gasteiger partial charge in [-0.3, -0.25) is 0 Å². The van der Waals surface area contributed by atoms with Crippen LogP contribution in [0.4, 0.5) is 0 Å². The summed E-state index contributed by atoms with van der Waals surface area (Å²) in [6.07, 6.45) is 8.09. The largest absolute Gasteiger partial charge is 0.350 e. The maximum Gasteiger partial charge on any atom is 0.273 e. The molecule has 0 radical (unpaired) electrons. The first-order valence-electron chi connectivity index (χ1n) is 10.1. The number of nitrogens with zero attached hydrogens (tertiary/aromatic N) is 3. The van der Waals surface area contributed by atoms with Crippen molar-refractivity contribution in [3.8, 4) is 11.5 Å². The third kappa shape index (κ3) is 3.75. The number of imidazole rings is 1. The molecule has 1 aliphatic carbocycles. The Morgan fingerprint density at radius 1 is 0.871 bits per heavy atom. The van der Waals surface area contributed by atoms with Crippen LogP contribution in [0.5, 0.6) is 0 Å². The number of aromatic nitrogens is 4. The van der Waals surface area contributed by atoms with Crippen molar-refractivity contribution in [3.05, 3.63) is 72.2 Å². The predicted molar refractivity (Wildman–Crippen MR) is 120 cm³/mol. The molecule has 0 fully saturated rings. The Bertz CT molecular complexity index is 1450. The van der Waals surface area contributed by atoms with Gasteiger partial charge in [0.1, 0.15) is 5.69 Å². The minimum atomic E-state index is -3.84. The predicted octanol–water partition coefficient (Wildman–Crippen LogP) is 3.82. The maximum atomic E-state index is 10.8. The molecule has 31 heavy (non-hydrogen) atoms. The molecule has 3 N–H and O–H groups in total. The highest BCUT2D eigenvalue weighted by molar-refractivity contribution is 7.89. The minimum Gasteiger partial charge on any atom is -0.350 e. The molecule has 8 heteroatoms. The van der Waals surface area contributed by atoms with Gasteiger partial charge in [0.25, 0.3) is 15.2 Å². The van der Waals surface area contributed by atoms with Crippen LogP contribution in [0, 0.1) is 0 Å². The van der Waals surface area contributed by atoms with Crippen molar-refractivity contribution in [1.29, 1.82) is 0 Å². The highest BCUT2D eigenvalue weighted by Gasteiger charge is 2.19. The number of fused-ring (bicyclic) bond motifs is 6. The number of aromatic amines is 1. The van der Waals surface area contributed by atoms with Gasteiger partial charge in [-0.2, -0.15) is 4.98 Å². The van der Waals surface area contributed by atoms with Crippen molar-refractivity contribution < 1.29 is 8.42 Å². The molecule has 0 atom stereocenters. The Morgan fingerprint density at radius 2 is 1.68 bits per heavy atom. The molecule has 0 unspecified atom stereocenters. The number of H-pyrrole nitrogens is 1. The van der Waals surface area contributed by atoms with E-state index >= 15 is 0 Å². The Hall–Kier alpha value is -3.36. The number of hydrogen-bond donors (Lipinski definition) is 2. The molecule has 156 valence electrons. The second-order valence-corrected chi connectivity index (χ2v) is 9.08. The summed E-state index contributed by atoms with van der Waals surface area (Å²) in [4.78, 5) is 13.7. The molecule has 0 amide bonds. The quantitative estimate of drug-likeness (QED) is 0.392. The second kappa shape index (κ2) is 7.72. The van der Waals surface area contributed by atoms with Gasteiger partial charge in [0.05, 0.1) is 6.33 Å². The Kier molecular flexibility index (Phi) is 4.88. The smallest absolute Gasteiger partial charge is 0.273 e. The zero-order valence-corrected chi connectivity index (χ0v) is 17.6. The number of primary sulfonamides is 1. The van der Waals surface area contributed by atoms with Crippen molar-refractivity contribution in [2.24, 2.45) is 5.14 Å². The monoisotopic (exact) mass is 431 g/mol. The summed E-state index contributed by atoms with van der Waals surface area (Å²) in [5, 5.41) is 10.1. The second-order valence-electron chi connectivity index (χ2n) is 7.62. The first-order valence-corrected chi connectivity index (χ1v) is 11.7. The van der Waals surface area contributed by atoms with Gasteiger partial charge >= 0.3 is 0 Å². The molecule has 6 rings (SSSR count). The van der Waals surface area contributed by atoms with E-state index in [1.165, 1.54) is 59.8 Å². The van der Waals surface area contributed by atoms with E-state index in [1.807, 2.05) is 0 Å². The maximum absolute atomic E-state index is 10.8. The third-order valence-corrected chi connectivity index (χ3v) is 6.33. The Balaban J connectivity index is 0.000000140.